The van der Waals surface area contributed by atoms with Crippen molar-refractivity contribution < 1.29 is 19.1 Å². The second-order valence-corrected chi connectivity index (χ2v) is 5.30. The highest BCUT2D eigenvalue weighted by Crippen LogP contribution is 2.17. The average molecular weight is 280 g/mol. The van der Waals surface area contributed by atoms with Crippen LogP contribution in [0.25, 0.3) is 0 Å². The lowest BCUT2D eigenvalue weighted by Gasteiger charge is -2.31. The van der Waals surface area contributed by atoms with Gasteiger partial charge in [-0.2, -0.15) is 0 Å². The molecule has 2 heterocycles. The molecule has 1 aromatic rings. The van der Waals surface area contributed by atoms with Crippen LogP contribution in [0.3, 0.4) is 0 Å². The van der Waals surface area contributed by atoms with E-state index in [1.54, 1.807) is 17.4 Å². The Morgan fingerprint density at radius 2 is 2.15 bits per heavy atom. The largest absolute Gasteiger partial charge is 0.481 e. The molecule has 1 amide bonds. The molecule has 2 rings (SSSR count). The van der Waals surface area contributed by atoms with Gasteiger partial charge in [0.15, 0.2) is 0 Å². The van der Waals surface area contributed by atoms with E-state index in [1.807, 2.05) is 18.0 Å². The standard InChI is InChI=1S/C14H20N2O4/c1-15(8-11-4-7-20-10-11)9-13(17)16-5-2-12(3-6-16)14(18)19/h4,7,10,12H,2-3,5-6,8-9H2,1H3,(H,18,19). The fourth-order valence-electron chi connectivity index (χ4n) is 2.46. The Kier molecular flexibility index (Phi) is 4.79. The number of nitrogens with zero attached hydrogens (tertiary/aromatic N) is 2. The Morgan fingerprint density at radius 3 is 2.70 bits per heavy atom. The van der Waals surface area contributed by atoms with Crippen molar-refractivity contribution >= 4 is 11.9 Å². The highest BCUT2D eigenvalue weighted by molar-refractivity contribution is 5.78. The molecule has 0 aromatic carbocycles. The van der Waals surface area contributed by atoms with Gasteiger partial charge in [-0.15, -0.1) is 0 Å². The van der Waals surface area contributed by atoms with E-state index in [0.717, 1.165) is 5.56 Å². The van der Waals surface area contributed by atoms with Gasteiger partial charge in [0.1, 0.15) is 0 Å². The lowest BCUT2D eigenvalue weighted by molar-refractivity contribution is -0.145. The van der Waals surface area contributed by atoms with E-state index in [4.69, 9.17) is 9.52 Å². The van der Waals surface area contributed by atoms with E-state index < -0.39 is 5.97 Å². The predicted molar refractivity (Wildman–Crippen MR) is 72.0 cm³/mol. The molecule has 1 aliphatic heterocycles. The van der Waals surface area contributed by atoms with E-state index >= 15 is 0 Å². The van der Waals surface area contributed by atoms with Crippen molar-refractivity contribution in [3.05, 3.63) is 24.2 Å². The molecular formula is C14H20N2O4. The Morgan fingerprint density at radius 1 is 1.45 bits per heavy atom. The molecule has 0 atom stereocenters. The van der Waals surface area contributed by atoms with Crippen molar-refractivity contribution in [2.24, 2.45) is 5.92 Å². The number of hydrogen-bond acceptors (Lipinski definition) is 4. The first-order valence-corrected chi connectivity index (χ1v) is 6.76. The predicted octanol–water partition coefficient (Wildman–Crippen LogP) is 1.03. The molecule has 110 valence electrons. The summed E-state index contributed by atoms with van der Waals surface area (Å²) in [7, 11) is 1.88. The van der Waals surface area contributed by atoms with Gasteiger partial charge in [-0.3, -0.25) is 14.5 Å². The summed E-state index contributed by atoms with van der Waals surface area (Å²) >= 11 is 0. The van der Waals surface area contributed by atoms with Gasteiger partial charge in [-0.25, -0.2) is 0 Å². The minimum Gasteiger partial charge on any atom is -0.481 e. The lowest BCUT2D eigenvalue weighted by atomic mass is 9.97. The summed E-state index contributed by atoms with van der Waals surface area (Å²) in [6.07, 6.45) is 4.38. The Bertz CT molecular complexity index is 450. The average Bonchev–Trinajstić information content (AvgIpc) is 2.91. The van der Waals surface area contributed by atoms with Crippen molar-refractivity contribution in [2.75, 3.05) is 26.7 Å². The molecular weight excluding hydrogens is 260 g/mol. The summed E-state index contributed by atoms with van der Waals surface area (Å²) in [6.45, 7) is 2.07. The fraction of sp³-hybridized carbons (Fsp3) is 0.571. The first kappa shape index (κ1) is 14.6. The number of carboxylic acids is 1. The van der Waals surface area contributed by atoms with E-state index in [2.05, 4.69) is 0 Å². The first-order chi connectivity index (χ1) is 9.56. The third-order valence-corrected chi connectivity index (χ3v) is 3.63. The van der Waals surface area contributed by atoms with Crippen LogP contribution in [0.15, 0.2) is 23.0 Å². The summed E-state index contributed by atoms with van der Waals surface area (Å²) < 4.78 is 4.99. The van der Waals surface area contributed by atoms with Gasteiger partial charge in [0, 0.05) is 25.2 Å². The molecule has 1 aliphatic rings. The first-order valence-electron chi connectivity index (χ1n) is 6.76. The van der Waals surface area contributed by atoms with Gasteiger partial charge in [0.05, 0.1) is 25.0 Å². The second kappa shape index (κ2) is 6.56. The lowest BCUT2D eigenvalue weighted by Crippen LogP contribution is -2.44. The SMILES string of the molecule is CN(CC(=O)N1CCC(C(=O)O)CC1)Cc1ccoc1. The molecule has 6 nitrogen and oxygen atoms in total. The van der Waals surface area contributed by atoms with Gasteiger partial charge < -0.3 is 14.4 Å². The number of aliphatic carboxylic acids is 1. The molecule has 20 heavy (non-hydrogen) atoms. The van der Waals surface area contributed by atoms with Crippen LogP contribution in [-0.2, 0) is 16.1 Å². The molecule has 0 radical (unpaired) electrons. The Hall–Kier alpha value is -1.82. The van der Waals surface area contributed by atoms with Gasteiger partial charge >= 0.3 is 5.97 Å². The maximum atomic E-state index is 12.1. The van der Waals surface area contributed by atoms with Crippen LogP contribution in [-0.4, -0.2) is 53.5 Å². The van der Waals surface area contributed by atoms with Gasteiger partial charge in [0.2, 0.25) is 5.91 Å². The fourth-order valence-corrected chi connectivity index (χ4v) is 2.46. The summed E-state index contributed by atoms with van der Waals surface area (Å²) in [5.41, 5.74) is 1.03. The number of likely N-dealkylation sites (N-methyl/N-ethyl adjacent to an activating group) is 1. The zero-order valence-corrected chi connectivity index (χ0v) is 11.6. The minimum absolute atomic E-state index is 0.0554. The molecule has 1 fully saturated rings. The smallest absolute Gasteiger partial charge is 0.306 e. The normalized spacial score (nSPS) is 16.6. The Balaban J connectivity index is 1.76. The van der Waals surface area contributed by atoms with Crippen LogP contribution >= 0.6 is 0 Å². The molecule has 1 aromatic heterocycles. The summed E-state index contributed by atoms with van der Waals surface area (Å²) in [5, 5.41) is 8.93. The number of hydrogen-bond donors (Lipinski definition) is 1. The molecule has 0 aliphatic carbocycles. The highest BCUT2D eigenvalue weighted by Gasteiger charge is 2.27. The van der Waals surface area contributed by atoms with E-state index in [1.165, 1.54) is 0 Å². The minimum atomic E-state index is -0.755. The molecule has 0 saturated carbocycles. The van der Waals surface area contributed by atoms with Gasteiger partial charge in [-0.1, -0.05) is 0 Å². The number of amides is 1. The van der Waals surface area contributed by atoms with Crippen LogP contribution in [0.5, 0.6) is 0 Å². The third kappa shape index (κ3) is 3.84. The number of piperidine rings is 1. The number of carbonyl (C=O) groups is 2. The van der Waals surface area contributed by atoms with E-state index in [9.17, 15) is 9.59 Å². The topological polar surface area (TPSA) is 74.0 Å². The molecule has 6 heteroatoms. The maximum absolute atomic E-state index is 12.1. The van der Waals surface area contributed by atoms with Crippen LogP contribution in [0.4, 0.5) is 0 Å². The summed E-state index contributed by atoms with van der Waals surface area (Å²) in [5.74, 6) is -1.00. The Labute approximate surface area is 118 Å². The molecule has 1 saturated heterocycles. The van der Waals surface area contributed by atoms with Crippen molar-refractivity contribution in [2.45, 2.75) is 19.4 Å². The van der Waals surface area contributed by atoms with E-state index in [-0.39, 0.29) is 11.8 Å². The van der Waals surface area contributed by atoms with Crippen molar-refractivity contribution in [1.82, 2.24) is 9.80 Å². The van der Waals surface area contributed by atoms with Gasteiger partial charge in [0.25, 0.3) is 0 Å². The summed E-state index contributed by atoms with van der Waals surface area (Å²) in [6, 6.07) is 1.87. The van der Waals surface area contributed by atoms with Gasteiger partial charge in [-0.05, 0) is 26.0 Å². The van der Waals surface area contributed by atoms with Crippen molar-refractivity contribution in [3.8, 4) is 0 Å². The number of carbonyl (C=O) groups excluding carboxylic acids is 1. The van der Waals surface area contributed by atoms with Crippen LogP contribution in [0, 0.1) is 5.92 Å². The number of likely N-dealkylation sites (tertiary alicyclic amines) is 1. The van der Waals surface area contributed by atoms with E-state index in [0.29, 0.717) is 39.0 Å². The zero-order valence-electron chi connectivity index (χ0n) is 11.6. The maximum Gasteiger partial charge on any atom is 0.306 e. The third-order valence-electron chi connectivity index (χ3n) is 3.63. The monoisotopic (exact) mass is 280 g/mol. The highest BCUT2D eigenvalue weighted by atomic mass is 16.4. The number of rotatable bonds is 5. The molecule has 1 N–H and O–H groups in total. The van der Waals surface area contributed by atoms with Crippen LogP contribution in [0.1, 0.15) is 18.4 Å². The summed E-state index contributed by atoms with van der Waals surface area (Å²) in [4.78, 5) is 26.7. The number of furan rings is 1. The molecule has 0 unspecified atom stereocenters. The van der Waals surface area contributed by atoms with Crippen LogP contribution < -0.4 is 0 Å². The number of carboxylic acid groups (broad SMARTS) is 1. The molecule has 0 bridgehead atoms. The quantitative estimate of drug-likeness (QED) is 0.872. The van der Waals surface area contributed by atoms with Crippen LogP contribution in [0.2, 0.25) is 0 Å². The second-order valence-electron chi connectivity index (χ2n) is 5.30. The van der Waals surface area contributed by atoms with Crippen molar-refractivity contribution in [1.29, 1.82) is 0 Å². The molecule has 0 spiro atoms. The van der Waals surface area contributed by atoms with Crippen molar-refractivity contribution in [3.63, 3.8) is 0 Å². The zero-order chi connectivity index (χ0) is 14.5.